The molecule has 0 bridgehead atoms. The summed E-state index contributed by atoms with van der Waals surface area (Å²) in [5.74, 6) is 2.49. The van der Waals surface area contributed by atoms with E-state index in [9.17, 15) is 20.4 Å². The lowest BCUT2D eigenvalue weighted by Gasteiger charge is -2.48. The summed E-state index contributed by atoms with van der Waals surface area (Å²) in [5.41, 5.74) is 7.28. The maximum absolute atomic E-state index is 11.5. The van der Waals surface area contributed by atoms with Crippen molar-refractivity contribution < 1.29 is 39.4 Å². The summed E-state index contributed by atoms with van der Waals surface area (Å²) in [4.78, 5) is 4.68. The first-order chi connectivity index (χ1) is 32.5. The molecule has 0 saturated heterocycles. The molecule has 0 spiro atoms. The van der Waals surface area contributed by atoms with E-state index in [1.165, 1.54) is 24.8 Å². The molecule has 356 valence electrons. The molecule has 6 unspecified atom stereocenters. The van der Waals surface area contributed by atoms with Crippen molar-refractivity contribution in [1.29, 1.82) is 0 Å². The molecule has 12 heteroatoms. The summed E-state index contributed by atoms with van der Waals surface area (Å²) >= 11 is 0. The van der Waals surface area contributed by atoms with E-state index < -0.39 is 17.3 Å². The van der Waals surface area contributed by atoms with Crippen LogP contribution in [0, 0.1) is 5.92 Å². The average Bonchev–Trinajstić information content (AvgIpc) is 3.80. The normalized spacial score (nSPS) is 24.5. The van der Waals surface area contributed by atoms with E-state index in [1.807, 2.05) is 19.1 Å². The summed E-state index contributed by atoms with van der Waals surface area (Å²) in [6.45, 7) is 8.25. The van der Waals surface area contributed by atoms with Gasteiger partial charge >= 0.3 is 0 Å². The minimum atomic E-state index is -0.991. The van der Waals surface area contributed by atoms with E-state index in [4.69, 9.17) is 18.9 Å². The third-order valence-corrected chi connectivity index (χ3v) is 15.2. The Morgan fingerprint density at radius 2 is 1.75 bits per heavy atom. The van der Waals surface area contributed by atoms with Gasteiger partial charge in [0.1, 0.15) is 29.0 Å². The fraction of sp³-hybridized carbons (Fsp3) is 0.509. The number of ether oxygens (including phenoxy) is 4. The lowest BCUT2D eigenvalue weighted by molar-refractivity contribution is -0.132. The van der Waals surface area contributed by atoms with Gasteiger partial charge < -0.3 is 50.0 Å². The quantitative estimate of drug-likeness (QED) is 0.0481. The zero-order valence-corrected chi connectivity index (χ0v) is 39.5. The minimum Gasteiger partial charge on any atom is -0.507 e. The van der Waals surface area contributed by atoms with E-state index in [-0.39, 0.29) is 36.0 Å². The molecular formula is C55H68N4O8. The molecular weight excluding hydrogens is 845 g/mol. The fourth-order valence-electron chi connectivity index (χ4n) is 12.2. The van der Waals surface area contributed by atoms with Crippen LogP contribution in [0.5, 0.6) is 28.7 Å². The summed E-state index contributed by atoms with van der Waals surface area (Å²) in [7, 11) is 1.56. The monoisotopic (exact) mass is 913 g/mol. The summed E-state index contributed by atoms with van der Waals surface area (Å²) in [5, 5.41) is 57.2. The van der Waals surface area contributed by atoms with Crippen molar-refractivity contribution in [3.05, 3.63) is 104 Å². The first-order valence-corrected chi connectivity index (χ1v) is 24.7. The summed E-state index contributed by atoms with van der Waals surface area (Å²) in [6.07, 6.45) is 14.4. The van der Waals surface area contributed by atoms with E-state index in [0.29, 0.717) is 82.8 Å². The number of fused-ring (bicyclic) bond motifs is 8. The Kier molecular flexibility index (Phi) is 12.9. The number of aromatic hydroxyl groups is 2. The highest BCUT2D eigenvalue weighted by molar-refractivity contribution is 5.89. The van der Waals surface area contributed by atoms with Crippen molar-refractivity contribution in [2.45, 2.75) is 126 Å². The number of nitrogens with one attached hydrogen (secondary N) is 3. The van der Waals surface area contributed by atoms with Gasteiger partial charge in [0.05, 0.1) is 38.0 Å². The Hall–Kier alpha value is -4.95. The number of allylic oxidation sites excluding steroid dienone is 1. The molecule has 3 aliphatic heterocycles. The van der Waals surface area contributed by atoms with Crippen LogP contribution >= 0.6 is 0 Å². The van der Waals surface area contributed by atoms with Crippen LogP contribution in [-0.2, 0) is 24.0 Å². The number of hydrogen-bond donors (Lipinski definition) is 7. The molecule has 1 fully saturated rings. The van der Waals surface area contributed by atoms with Gasteiger partial charge in [0.2, 0.25) is 0 Å². The first kappa shape index (κ1) is 45.8. The molecule has 4 aromatic carbocycles. The van der Waals surface area contributed by atoms with Gasteiger partial charge in [0.15, 0.2) is 17.6 Å². The van der Waals surface area contributed by atoms with Crippen LogP contribution in [-0.4, -0.2) is 90.5 Å². The van der Waals surface area contributed by atoms with Gasteiger partial charge in [-0.1, -0.05) is 69.5 Å². The molecule has 1 saturated carbocycles. The number of aliphatic hydroxyl groups excluding tert-OH is 1. The minimum absolute atomic E-state index is 0.0151. The zero-order chi connectivity index (χ0) is 46.5. The molecule has 0 radical (unpaired) electrons. The van der Waals surface area contributed by atoms with Crippen LogP contribution in [0.15, 0.2) is 59.6 Å². The molecule has 10 rings (SSSR count). The third-order valence-electron chi connectivity index (χ3n) is 15.2. The SMILES string of the molecule is COc1cc(C2Oc3c(c4c(c5c3CCC(CO)O5)-c3ccc(O)c5c3C(C4)C(c3ccc4c(c3)=CCN=4)C=C5)CC2(CNCNCC(C)(O)CC(C)C)OCNC2CCCCC2)ccc1O. The smallest absolute Gasteiger partial charge is 0.160 e. The summed E-state index contributed by atoms with van der Waals surface area (Å²) in [6, 6.07) is 16.2. The number of hydrogen-bond acceptors (Lipinski definition) is 12. The lowest BCUT2D eigenvalue weighted by Crippen LogP contribution is -2.56. The largest absolute Gasteiger partial charge is 0.507 e. The van der Waals surface area contributed by atoms with Gasteiger partial charge in [0.25, 0.3) is 0 Å². The van der Waals surface area contributed by atoms with E-state index in [1.54, 1.807) is 19.2 Å². The van der Waals surface area contributed by atoms with E-state index in [0.717, 1.165) is 79.4 Å². The lowest BCUT2D eigenvalue weighted by atomic mass is 9.64. The predicted octanol–water partition coefficient (Wildman–Crippen LogP) is 6.57. The highest BCUT2D eigenvalue weighted by Crippen LogP contribution is 2.60. The van der Waals surface area contributed by atoms with Crippen LogP contribution < -0.4 is 40.7 Å². The van der Waals surface area contributed by atoms with Crippen LogP contribution in [0.2, 0.25) is 0 Å². The Bertz CT molecular complexity index is 2660. The standard InChI is InChI=1S/C55H68N4O8/c1-32(2)25-54(3,63)28-56-30-57-29-55(65-31-59-36-8-6-5-7-9-36)26-44-43-24-42-38(33-10-17-45-34(22-33)20-21-58-45)14-15-39-46(61)19-16-40(49(39)42)50(43)52-41(13-12-37(27-60)66-52)51(44)67-53(55)35-11-18-47(62)48(23-35)64-4/h10-11,14-20,22-23,32,36-38,42,53,56-57,59-63H,5-9,12-13,21,24-31H2,1-4H3. The number of phenols is 2. The maximum atomic E-state index is 11.5. The van der Waals surface area contributed by atoms with Crippen molar-refractivity contribution >= 4 is 12.2 Å². The van der Waals surface area contributed by atoms with Crippen LogP contribution in [0.3, 0.4) is 0 Å². The average molecular weight is 913 g/mol. The molecule has 0 aromatic heterocycles. The molecule has 7 N–H and O–H groups in total. The van der Waals surface area contributed by atoms with Crippen molar-refractivity contribution in [2.24, 2.45) is 10.9 Å². The molecule has 0 amide bonds. The third kappa shape index (κ3) is 8.85. The van der Waals surface area contributed by atoms with Crippen molar-refractivity contribution in [1.82, 2.24) is 16.0 Å². The Labute approximate surface area is 394 Å². The molecule has 6 atom stereocenters. The van der Waals surface area contributed by atoms with Gasteiger partial charge in [-0.3, -0.25) is 10.3 Å². The second-order valence-corrected chi connectivity index (χ2v) is 20.6. The second-order valence-electron chi connectivity index (χ2n) is 20.6. The Balaban J connectivity index is 1.12. The number of nitrogens with zero attached hydrogens (tertiary/aromatic N) is 1. The van der Waals surface area contributed by atoms with Gasteiger partial charge in [-0.15, -0.1) is 0 Å². The highest BCUT2D eigenvalue weighted by Gasteiger charge is 2.51. The van der Waals surface area contributed by atoms with Crippen LogP contribution in [0.1, 0.15) is 123 Å². The predicted molar refractivity (Wildman–Crippen MR) is 260 cm³/mol. The highest BCUT2D eigenvalue weighted by atomic mass is 16.6. The molecule has 3 heterocycles. The number of benzene rings is 4. The molecule has 67 heavy (non-hydrogen) atoms. The number of methoxy groups -OCH3 is 1. The van der Waals surface area contributed by atoms with Crippen LogP contribution in [0.25, 0.3) is 23.3 Å². The molecule has 4 aromatic rings. The van der Waals surface area contributed by atoms with E-state index >= 15 is 0 Å². The molecule has 3 aliphatic carbocycles. The zero-order valence-electron chi connectivity index (χ0n) is 39.5. The Morgan fingerprint density at radius 1 is 0.925 bits per heavy atom. The second kappa shape index (κ2) is 18.9. The van der Waals surface area contributed by atoms with Crippen molar-refractivity contribution in [3.8, 4) is 39.9 Å². The first-order valence-electron chi connectivity index (χ1n) is 24.7. The van der Waals surface area contributed by atoms with Crippen molar-refractivity contribution in [2.75, 3.05) is 46.8 Å². The number of rotatable bonds is 16. The van der Waals surface area contributed by atoms with Gasteiger partial charge in [0, 0.05) is 60.4 Å². The topological polar surface area (TPSA) is 166 Å². The summed E-state index contributed by atoms with van der Waals surface area (Å²) < 4.78 is 27.5. The maximum Gasteiger partial charge on any atom is 0.160 e. The fourth-order valence-corrected chi connectivity index (χ4v) is 12.2. The molecule has 12 nitrogen and oxygen atoms in total. The van der Waals surface area contributed by atoms with Crippen molar-refractivity contribution in [3.63, 3.8) is 0 Å². The van der Waals surface area contributed by atoms with E-state index in [2.05, 4.69) is 77.3 Å². The van der Waals surface area contributed by atoms with Gasteiger partial charge in [-0.25, -0.2) is 0 Å². The van der Waals surface area contributed by atoms with Gasteiger partial charge in [-0.05, 0) is 121 Å². The van der Waals surface area contributed by atoms with Crippen LogP contribution in [0.4, 0.5) is 0 Å². The van der Waals surface area contributed by atoms with Gasteiger partial charge in [-0.2, -0.15) is 0 Å². The number of aliphatic hydroxyl groups is 2. The number of phenolic OH excluding ortho intramolecular Hbond substituents is 2. The molecule has 6 aliphatic rings. The Morgan fingerprint density at radius 3 is 2.55 bits per heavy atom.